The highest BCUT2D eigenvalue weighted by molar-refractivity contribution is 5.40. The summed E-state index contributed by atoms with van der Waals surface area (Å²) in [6.07, 6.45) is 3.44. The lowest BCUT2D eigenvalue weighted by Crippen LogP contribution is -2.37. The standard InChI is InChI=1S/C13H18O2/c1-10-8-11(4-5-12(10)15-2)13(9-14)6-3-7-13/h4-5,8,14H,3,6-7,9H2,1-2H3. The summed E-state index contributed by atoms with van der Waals surface area (Å²) < 4.78 is 5.24. The summed E-state index contributed by atoms with van der Waals surface area (Å²) in [4.78, 5) is 0. The van der Waals surface area contributed by atoms with E-state index in [1.807, 2.05) is 13.0 Å². The fraction of sp³-hybridized carbons (Fsp3) is 0.538. The smallest absolute Gasteiger partial charge is 0.121 e. The molecule has 2 rings (SSSR count). The van der Waals surface area contributed by atoms with Crippen LogP contribution in [0.4, 0.5) is 0 Å². The van der Waals surface area contributed by atoms with Gasteiger partial charge in [0.05, 0.1) is 13.7 Å². The summed E-state index contributed by atoms with van der Waals surface area (Å²) in [7, 11) is 1.69. The Bertz CT molecular complexity index is 348. The van der Waals surface area contributed by atoms with Crippen molar-refractivity contribution in [1.29, 1.82) is 0 Å². The Hall–Kier alpha value is -1.02. The number of methoxy groups -OCH3 is 1. The number of aliphatic hydroxyl groups is 1. The molecule has 0 amide bonds. The highest BCUT2D eigenvalue weighted by Gasteiger charge is 2.38. The van der Waals surface area contributed by atoms with Gasteiger partial charge in [0, 0.05) is 5.41 Å². The summed E-state index contributed by atoms with van der Waals surface area (Å²) in [6.45, 7) is 2.31. The molecule has 15 heavy (non-hydrogen) atoms. The van der Waals surface area contributed by atoms with Gasteiger partial charge in [-0.15, -0.1) is 0 Å². The predicted molar refractivity (Wildman–Crippen MR) is 60.3 cm³/mol. The third-order valence-electron chi connectivity index (χ3n) is 3.62. The minimum atomic E-state index is 0.0387. The highest BCUT2D eigenvalue weighted by atomic mass is 16.5. The molecule has 1 aromatic rings. The molecule has 1 aliphatic rings. The van der Waals surface area contributed by atoms with Crippen molar-refractivity contribution in [3.8, 4) is 5.75 Å². The molecule has 0 spiro atoms. The van der Waals surface area contributed by atoms with E-state index in [1.54, 1.807) is 7.11 Å². The van der Waals surface area contributed by atoms with Gasteiger partial charge in [0.1, 0.15) is 5.75 Å². The van der Waals surface area contributed by atoms with Crippen LogP contribution in [0, 0.1) is 6.92 Å². The second-order valence-electron chi connectivity index (χ2n) is 4.48. The van der Waals surface area contributed by atoms with E-state index >= 15 is 0 Å². The molecule has 0 aliphatic heterocycles. The van der Waals surface area contributed by atoms with Gasteiger partial charge >= 0.3 is 0 Å². The van der Waals surface area contributed by atoms with Crippen molar-refractivity contribution in [2.45, 2.75) is 31.6 Å². The van der Waals surface area contributed by atoms with E-state index in [2.05, 4.69) is 12.1 Å². The number of hydrogen-bond acceptors (Lipinski definition) is 2. The summed E-state index contributed by atoms with van der Waals surface area (Å²) in [5.74, 6) is 0.922. The van der Waals surface area contributed by atoms with Crippen LogP contribution >= 0.6 is 0 Å². The van der Waals surface area contributed by atoms with E-state index in [9.17, 15) is 5.11 Å². The first kappa shape index (κ1) is 10.5. The van der Waals surface area contributed by atoms with Crippen LogP contribution in [0.25, 0.3) is 0 Å². The van der Waals surface area contributed by atoms with Crippen LogP contribution in [0.15, 0.2) is 18.2 Å². The lowest BCUT2D eigenvalue weighted by atomic mass is 9.65. The van der Waals surface area contributed by atoms with Gasteiger partial charge in [0.25, 0.3) is 0 Å². The zero-order valence-corrected chi connectivity index (χ0v) is 9.42. The molecule has 2 heteroatoms. The summed E-state index contributed by atoms with van der Waals surface area (Å²) in [5.41, 5.74) is 2.45. The van der Waals surface area contributed by atoms with Gasteiger partial charge < -0.3 is 9.84 Å². The molecule has 0 aromatic heterocycles. The van der Waals surface area contributed by atoms with Gasteiger partial charge in [-0.05, 0) is 37.0 Å². The van der Waals surface area contributed by atoms with Crippen molar-refractivity contribution in [1.82, 2.24) is 0 Å². The molecule has 1 aromatic carbocycles. The quantitative estimate of drug-likeness (QED) is 0.823. The molecular weight excluding hydrogens is 188 g/mol. The number of ether oxygens (including phenoxy) is 1. The van der Waals surface area contributed by atoms with E-state index in [0.29, 0.717) is 0 Å². The predicted octanol–water partition coefficient (Wildman–Crippen LogP) is 2.42. The molecule has 1 N–H and O–H groups in total. The van der Waals surface area contributed by atoms with Gasteiger partial charge in [-0.25, -0.2) is 0 Å². The first-order valence-electron chi connectivity index (χ1n) is 5.48. The zero-order valence-electron chi connectivity index (χ0n) is 9.42. The van der Waals surface area contributed by atoms with Gasteiger partial charge in [-0.2, -0.15) is 0 Å². The number of aliphatic hydroxyl groups excluding tert-OH is 1. The van der Waals surface area contributed by atoms with E-state index in [0.717, 1.165) is 24.2 Å². The Balaban J connectivity index is 2.33. The number of benzene rings is 1. The van der Waals surface area contributed by atoms with Crippen molar-refractivity contribution in [3.63, 3.8) is 0 Å². The summed E-state index contributed by atoms with van der Waals surface area (Å²) in [5, 5.41) is 9.48. The lowest BCUT2D eigenvalue weighted by Gasteiger charge is -2.41. The maximum Gasteiger partial charge on any atom is 0.121 e. The van der Waals surface area contributed by atoms with Crippen LogP contribution in [0.2, 0.25) is 0 Å². The molecule has 0 saturated heterocycles. The molecule has 2 nitrogen and oxygen atoms in total. The van der Waals surface area contributed by atoms with Crippen LogP contribution in [0.1, 0.15) is 30.4 Å². The monoisotopic (exact) mass is 206 g/mol. The average molecular weight is 206 g/mol. The van der Waals surface area contributed by atoms with Crippen LogP contribution in [-0.2, 0) is 5.41 Å². The lowest BCUT2D eigenvalue weighted by molar-refractivity contribution is 0.120. The fourth-order valence-corrected chi connectivity index (χ4v) is 2.35. The molecule has 0 heterocycles. The van der Waals surface area contributed by atoms with Gasteiger partial charge in [0.15, 0.2) is 0 Å². The number of aryl methyl sites for hydroxylation is 1. The van der Waals surface area contributed by atoms with E-state index < -0.39 is 0 Å². The summed E-state index contributed by atoms with van der Waals surface area (Å²) in [6, 6.07) is 6.23. The SMILES string of the molecule is COc1ccc(C2(CO)CCC2)cc1C. The molecule has 1 saturated carbocycles. The Kier molecular flexibility index (Phi) is 2.70. The first-order chi connectivity index (χ1) is 7.22. The Morgan fingerprint density at radius 1 is 1.40 bits per heavy atom. The van der Waals surface area contributed by atoms with Crippen LogP contribution in [0.3, 0.4) is 0 Å². The average Bonchev–Trinajstić information content (AvgIpc) is 2.17. The molecule has 1 aliphatic carbocycles. The summed E-state index contributed by atoms with van der Waals surface area (Å²) >= 11 is 0. The maximum atomic E-state index is 9.48. The van der Waals surface area contributed by atoms with Crippen LogP contribution < -0.4 is 4.74 Å². The molecule has 82 valence electrons. The van der Waals surface area contributed by atoms with Crippen molar-refractivity contribution in [3.05, 3.63) is 29.3 Å². The minimum Gasteiger partial charge on any atom is -0.496 e. The fourth-order valence-electron chi connectivity index (χ4n) is 2.35. The second kappa shape index (κ2) is 3.86. The second-order valence-corrected chi connectivity index (χ2v) is 4.48. The number of rotatable bonds is 3. The van der Waals surface area contributed by atoms with Crippen LogP contribution in [-0.4, -0.2) is 18.8 Å². The van der Waals surface area contributed by atoms with E-state index in [-0.39, 0.29) is 12.0 Å². The van der Waals surface area contributed by atoms with Crippen molar-refractivity contribution < 1.29 is 9.84 Å². The Morgan fingerprint density at radius 3 is 2.53 bits per heavy atom. The highest BCUT2D eigenvalue weighted by Crippen LogP contribution is 2.44. The van der Waals surface area contributed by atoms with Crippen molar-refractivity contribution in [2.24, 2.45) is 0 Å². The minimum absolute atomic E-state index is 0.0387. The molecule has 1 fully saturated rings. The first-order valence-corrected chi connectivity index (χ1v) is 5.48. The topological polar surface area (TPSA) is 29.5 Å². The third-order valence-corrected chi connectivity index (χ3v) is 3.62. The van der Waals surface area contributed by atoms with Gasteiger partial charge in [0.2, 0.25) is 0 Å². The van der Waals surface area contributed by atoms with E-state index in [4.69, 9.17) is 4.74 Å². The van der Waals surface area contributed by atoms with Crippen molar-refractivity contribution >= 4 is 0 Å². The van der Waals surface area contributed by atoms with Crippen molar-refractivity contribution in [2.75, 3.05) is 13.7 Å². The molecular formula is C13H18O2. The Labute approximate surface area is 90.9 Å². The largest absolute Gasteiger partial charge is 0.496 e. The van der Waals surface area contributed by atoms with E-state index in [1.165, 1.54) is 12.0 Å². The van der Waals surface area contributed by atoms with Gasteiger partial charge in [-0.3, -0.25) is 0 Å². The molecule has 0 bridgehead atoms. The number of hydrogen-bond donors (Lipinski definition) is 1. The molecule has 0 unspecified atom stereocenters. The van der Waals surface area contributed by atoms with Gasteiger partial charge in [-0.1, -0.05) is 18.6 Å². The Morgan fingerprint density at radius 2 is 2.13 bits per heavy atom. The van der Waals surface area contributed by atoms with Crippen LogP contribution in [0.5, 0.6) is 5.75 Å². The third kappa shape index (κ3) is 1.63. The molecule has 0 radical (unpaired) electrons. The zero-order chi connectivity index (χ0) is 10.9. The maximum absolute atomic E-state index is 9.48. The normalized spacial score (nSPS) is 18.3. The molecule has 0 atom stereocenters.